The van der Waals surface area contributed by atoms with Crippen LogP contribution in [0.4, 0.5) is 5.69 Å². The standard InChI is InChI=1S/C18H17Cl2NO3S/c1-23-18(22)17-14(20)10-12(19)11-15(17)21-16(25)8-5-9-24-13-6-3-2-4-7-13/h2-4,6-7,10-11H,5,8-9H2,1H3,(H,21,25). The van der Waals surface area contributed by atoms with Crippen molar-refractivity contribution in [3.63, 3.8) is 0 Å². The molecule has 0 bridgehead atoms. The lowest BCUT2D eigenvalue weighted by Gasteiger charge is -2.14. The number of methoxy groups -OCH3 is 1. The Morgan fingerprint density at radius 3 is 2.60 bits per heavy atom. The summed E-state index contributed by atoms with van der Waals surface area (Å²) in [5.41, 5.74) is 0.634. The Hall–Kier alpha value is -1.82. The molecular weight excluding hydrogens is 381 g/mol. The highest BCUT2D eigenvalue weighted by atomic mass is 35.5. The van der Waals surface area contributed by atoms with Gasteiger partial charge in [0.05, 0.1) is 29.4 Å². The fourth-order valence-corrected chi connectivity index (χ4v) is 2.96. The fourth-order valence-electron chi connectivity index (χ4n) is 2.13. The van der Waals surface area contributed by atoms with Crippen LogP contribution in [0.25, 0.3) is 0 Å². The highest BCUT2D eigenvalue weighted by Crippen LogP contribution is 2.30. The van der Waals surface area contributed by atoms with E-state index in [1.54, 1.807) is 6.07 Å². The number of ether oxygens (including phenoxy) is 2. The van der Waals surface area contributed by atoms with E-state index in [4.69, 9.17) is 44.9 Å². The molecule has 0 aromatic heterocycles. The van der Waals surface area contributed by atoms with E-state index < -0.39 is 5.97 Å². The number of hydrogen-bond acceptors (Lipinski definition) is 4. The molecule has 0 fully saturated rings. The Balaban J connectivity index is 1.93. The van der Waals surface area contributed by atoms with Crippen molar-refractivity contribution in [3.8, 4) is 5.75 Å². The number of carbonyl (C=O) groups is 1. The molecule has 0 spiro atoms. The SMILES string of the molecule is COC(=O)c1c(Cl)cc(Cl)cc1NC(=S)CCCOc1ccccc1. The fraction of sp³-hybridized carbons (Fsp3) is 0.222. The van der Waals surface area contributed by atoms with E-state index in [2.05, 4.69) is 5.32 Å². The topological polar surface area (TPSA) is 47.6 Å². The number of para-hydroxylation sites is 1. The van der Waals surface area contributed by atoms with Crippen LogP contribution in [0.3, 0.4) is 0 Å². The summed E-state index contributed by atoms with van der Waals surface area (Å²) in [7, 11) is 1.29. The molecule has 2 aromatic carbocycles. The molecule has 2 aromatic rings. The van der Waals surface area contributed by atoms with Crippen molar-refractivity contribution in [1.29, 1.82) is 0 Å². The van der Waals surface area contributed by atoms with Gasteiger partial charge in [0, 0.05) is 11.4 Å². The van der Waals surface area contributed by atoms with Gasteiger partial charge in [-0.3, -0.25) is 0 Å². The Kier molecular flexibility index (Phi) is 7.50. The first-order chi connectivity index (χ1) is 12.0. The highest BCUT2D eigenvalue weighted by molar-refractivity contribution is 7.80. The van der Waals surface area contributed by atoms with E-state index >= 15 is 0 Å². The Labute approximate surface area is 162 Å². The monoisotopic (exact) mass is 397 g/mol. The maximum atomic E-state index is 11.9. The number of nitrogens with one attached hydrogen (secondary N) is 1. The van der Waals surface area contributed by atoms with Gasteiger partial charge in [0.15, 0.2) is 0 Å². The number of anilines is 1. The number of thiocarbonyl (C=S) groups is 1. The maximum Gasteiger partial charge on any atom is 0.341 e. The Bertz CT molecular complexity index is 753. The second-order valence-corrected chi connectivity index (χ2v) is 6.45. The van der Waals surface area contributed by atoms with Crippen molar-refractivity contribution >= 4 is 52.1 Å². The number of benzene rings is 2. The summed E-state index contributed by atoms with van der Waals surface area (Å²) < 4.78 is 10.4. The van der Waals surface area contributed by atoms with Crippen LogP contribution >= 0.6 is 35.4 Å². The van der Waals surface area contributed by atoms with E-state index in [1.165, 1.54) is 13.2 Å². The third-order valence-corrected chi connectivity index (χ3v) is 4.10. The van der Waals surface area contributed by atoms with Gasteiger partial charge in [-0.2, -0.15) is 0 Å². The van der Waals surface area contributed by atoms with Crippen LogP contribution in [0.1, 0.15) is 23.2 Å². The van der Waals surface area contributed by atoms with Gasteiger partial charge in [-0.25, -0.2) is 4.79 Å². The minimum atomic E-state index is -0.556. The largest absolute Gasteiger partial charge is 0.494 e. The number of esters is 1. The molecule has 0 heterocycles. The summed E-state index contributed by atoms with van der Waals surface area (Å²) >= 11 is 17.4. The van der Waals surface area contributed by atoms with Gasteiger partial charge in [0.2, 0.25) is 0 Å². The van der Waals surface area contributed by atoms with Crippen LogP contribution in [0.5, 0.6) is 5.75 Å². The van der Waals surface area contributed by atoms with E-state index in [0.29, 0.717) is 28.7 Å². The minimum Gasteiger partial charge on any atom is -0.494 e. The first-order valence-electron chi connectivity index (χ1n) is 7.56. The zero-order valence-corrected chi connectivity index (χ0v) is 15.9. The zero-order valence-electron chi connectivity index (χ0n) is 13.6. The van der Waals surface area contributed by atoms with Crippen molar-refractivity contribution in [2.45, 2.75) is 12.8 Å². The first-order valence-corrected chi connectivity index (χ1v) is 8.72. The highest BCUT2D eigenvalue weighted by Gasteiger charge is 2.18. The molecule has 1 N–H and O–H groups in total. The summed E-state index contributed by atoms with van der Waals surface area (Å²) in [5, 5.41) is 3.62. The molecular formula is C18H17Cl2NO3S. The van der Waals surface area contributed by atoms with E-state index in [0.717, 1.165) is 12.2 Å². The van der Waals surface area contributed by atoms with Gasteiger partial charge in [-0.05, 0) is 30.7 Å². The second-order valence-electron chi connectivity index (χ2n) is 5.11. The predicted octanol–water partition coefficient (Wildman–Crippen LogP) is 5.38. The van der Waals surface area contributed by atoms with Crippen LogP contribution < -0.4 is 10.1 Å². The predicted molar refractivity (Wildman–Crippen MR) is 105 cm³/mol. The summed E-state index contributed by atoms with van der Waals surface area (Å²) in [5.74, 6) is 0.260. The average Bonchev–Trinajstić information content (AvgIpc) is 2.58. The van der Waals surface area contributed by atoms with E-state index in [9.17, 15) is 4.79 Å². The number of rotatable bonds is 7. The first kappa shape index (κ1) is 19.5. The lowest BCUT2D eigenvalue weighted by atomic mass is 10.1. The average molecular weight is 398 g/mol. The van der Waals surface area contributed by atoms with Gasteiger partial charge in [-0.1, -0.05) is 53.6 Å². The van der Waals surface area contributed by atoms with Gasteiger partial charge in [0.25, 0.3) is 0 Å². The molecule has 0 radical (unpaired) electrons. The van der Waals surface area contributed by atoms with Crippen LogP contribution in [0, 0.1) is 0 Å². The lowest BCUT2D eigenvalue weighted by Crippen LogP contribution is -2.15. The van der Waals surface area contributed by atoms with E-state index in [-0.39, 0.29) is 10.6 Å². The maximum absolute atomic E-state index is 11.9. The quantitative estimate of drug-likeness (QED) is 0.386. The number of halogens is 2. The number of hydrogen-bond donors (Lipinski definition) is 1. The molecule has 0 unspecified atom stereocenters. The van der Waals surface area contributed by atoms with Gasteiger partial charge >= 0.3 is 5.97 Å². The summed E-state index contributed by atoms with van der Waals surface area (Å²) in [6.45, 7) is 0.534. The van der Waals surface area contributed by atoms with Crippen molar-refractivity contribution in [2.24, 2.45) is 0 Å². The van der Waals surface area contributed by atoms with Crippen molar-refractivity contribution < 1.29 is 14.3 Å². The number of carbonyl (C=O) groups excluding carboxylic acids is 1. The second kappa shape index (κ2) is 9.61. The van der Waals surface area contributed by atoms with Crippen LogP contribution in [-0.4, -0.2) is 24.7 Å². The van der Waals surface area contributed by atoms with Crippen molar-refractivity contribution in [2.75, 3.05) is 19.0 Å². The summed E-state index contributed by atoms with van der Waals surface area (Å²) in [6, 6.07) is 12.6. The molecule has 7 heteroatoms. The summed E-state index contributed by atoms with van der Waals surface area (Å²) in [4.78, 5) is 12.5. The van der Waals surface area contributed by atoms with Crippen molar-refractivity contribution in [1.82, 2.24) is 0 Å². The molecule has 0 amide bonds. The zero-order chi connectivity index (χ0) is 18.2. The molecule has 0 aliphatic heterocycles. The van der Waals surface area contributed by atoms with Gasteiger partial charge < -0.3 is 14.8 Å². The molecule has 4 nitrogen and oxygen atoms in total. The molecule has 0 saturated heterocycles. The van der Waals surface area contributed by atoms with Crippen molar-refractivity contribution in [3.05, 3.63) is 58.1 Å². The molecule has 0 aliphatic carbocycles. The molecule has 132 valence electrons. The normalized spacial score (nSPS) is 10.2. The van der Waals surface area contributed by atoms with Crippen LogP contribution in [0.15, 0.2) is 42.5 Å². The molecule has 0 aliphatic rings. The molecule has 2 rings (SSSR count). The lowest BCUT2D eigenvalue weighted by molar-refractivity contribution is 0.0602. The third-order valence-electron chi connectivity index (χ3n) is 3.28. The summed E-state index contributed by atoms with van der Waals surface area (Å²) in [6.07, 6.45) is 1.31. The third kappa shape index (κ3) is 5.88. The molecule has 0 saturated carbocycles. The van der Waals surface area contributed by atoms with Gasteiger partial charge in [0.1, 0.15) is 11.3 Å². The Morgan fingerprint density at radius 2 is 1.92 bits per heavy atom. The molecule has 25 heavy (non-hydrogen) atoms. The van der Waals surface area contributed by atoms with E-state index in [1.807, 2.05) is 30.3 Å². The van der Waals surface area contributed by atoms with Crippen LogP contribution in [-0.2, 0) is 4.74 Å². The smallest absolute Gasteiger partial charge is 0.341 e. The minimum absolute atomic E-state index is 0.205. The Morgan fingerprint density at radius 1 is 1.20 bits per heavy atom. The van der Waals surface area contributed by atoms with Crippen LogP contribution in [0.2, 0.25) is 10.0 Å². The van der Waals surface area contributed by atoms with Gasteiger partial charge in [-0.15, -0.1) is 0 Å². The molecule has 0 atom stereocenters.